The molecule has 3 heterocycles. The minimum absolute atomic E-state index is 0.283. The Morgan fingerprint density at radius 3 is 2.52 bits per heavy atom. The van der Waals surface area contributed by atoms with E-state index in [2.05, 4.69) is 14.9 Å². The number of esters is 1. The zero-order chi connectivity index (χ0) is 23.1. The van der Waals surface area contributed by atoms with Gasteiger partial charge in [-0.25, -0.2) is 9.78 Å². The third kappa shape index (κ3) is 3.94. The van der Waals surface area contributed by atoms with Gasteiger partial charge in [0.05, 0.1) is 13.3 Å². The number of hydrogen-bond donors (Lipinski definition) is 1. The molecule has 0 unspecified atom stereocenters. The van der Waals surface area contributed by atoms with E-state index in [9.17, 15) is 4.79 Å². The Hall–Kier alpha value is -3.10. The van der Waals surface area contributed by atoms with Gasteiger partial charge in [-0.3, -0.25) is 0 Å². The Morgan fingerprint density at radius 2 is 1.82 bits per heavy atom. The van der Waals surface area contributed by atoms with Gasteiger partial charge in [-0.05, 0) is 42.5 Å². The molecule has 0 bridgehead atoms. The first kappa shape index (κ1) is 21.7. The number of carbonyl (C=O) groups is 1. The summed E-state index contributed by atoms with van der Waals surface area (Å²) in [6.45, 7) is 1.86. The number of nitrogens with one attached hydrogen (secondary N) is 1. The average Bonchev–Trinajstić information content (AvgIpc) is 3.30. The van der Waals surface area contributed by atoms with Gasteiger partial charge in [-0.1, -0.05) is 0 Å². The van der Waals surface area contributed by atoms with Crippen molar-refractivity contribution in [1.82, 2.24) is 9.97 Å². The molecule has 174 valence electrons. The SMILES string of the molecule is COC(=O)c1ccc(N2CCC3(CC2)CC(OC)(OC)C3)cc1Oc1cnc2[nH]ccc2c1. The highest BCUT2D eigenvalue weighted by Crippen LogP contribution is 2.56. The number of rotatable bonds is 6. The predicted octanol–water partition coefficient (Wildman–Crippen LogP) is 4.51. The number of aromatic nitrogens is 2. The van der Waals surface area contributed by atoms with Gasteiger partial charge in [-0.2, -0.15) is 0 Å². The third-order valence-corrected chi connectivity index (χ3v) is 7.20. The van der Waals surface area contributed by atoms with E-state index >= 15 is 0 Å². The molecule has 1 saturated heterocycles. The van der Waals surface area contributed by atoms with E-state index in [1.807, 2.05) is 30.5 Å². The molecule has 33 heavy (non-hydrogen) atoms. The van der Waals surface area contributed by atoms with Crippen molar-refractivity contribution in [2.75, 3.05) is 39.3 Å². The van der Waals surface area contributed by atoms with Crippen molar-refractivity contribution in [3.8, 4) is 11.5 Å². The number of hydrogen-bond acceptors (Lipinski definition) is 7. The van der Waals surface area contributed by atoms with Crippen LogP contribution >= 0.6 is 0 Å². The first-order valence-electron chi connectivity index (χ1n) is 11.2. The van der Waals surface area contributed by atoms with Gasteiger partial charge in [-0.15, -0.1) is 0 Å². The van der Waals surface area contributed by atoms with Crippen LogP contribution in [0.4, 0.5) is 5.69 Å². The lowest BCUT2D eigenvalue weighted by Crippen LogP contribution is -2.58. The van der Waals surface area contributed by atoms with Crippen molar-refractivity contribution in [2.45, 2.75) is 31.5 Å². The highest BCUT2D eigenvalue weighted by Gasteiger charge is 2.56. The van der Waals surface area contributed by atoms with Crippen LogP contribution in [0, 0.1) is 5.41 Å². The predicted molar refractivity (Wildman–Crippen MR) is 124 cm³/mol. The number of piperidine rings is 1. The van der Waals surface area contributed by atoms with E-state index in [-0.39, 0.29) is 5.41 Å². The van der Waals surface area contributed by atoms with Crippen LogP contribution in [0.2, 0.25) is 0 Å². The maximum atomic E-state index is 12.4. The van der Waals surface area contributed by atoms with E-state index in [1.54, 1.807) is 26.5 Å². The van der Waals surface area contributed by atoms with Crippen LogP contribution in [0.3, 0.4) is 0 Å². The summed E-state index contributed by atoms with van der Waals surface area (Å²) in [5.74, 6) is 0.166. The quantitative estimate of drug-likeness (QED) is 0.436. The minimum Gasteiger partial charge on any atom is -0.465 e. The van der Waals surface area contributed by atoms with Crippen molar-refractivity contribution in [3.05, 3.63) is 48.3 Å². The molecule has 0 atom stereocenters. The first-order chi connectivity index (χ1) is 16.0. The zero-order valence-corrected chi connectivity index (χ0v) is 19.2. The number of aromatic amines is 1. The summed E-state index contributed by atoms with van der Waals surface area (Å²) < 4.78 is 22.3. The molecule has 0 radical (unpaired) electrons. The first-order valence-corrected chi connectivity index (χ1v) is 11.2. The van der Waals surface area contributed by atoms with Crippen LogP contribution in [0.25, 0.3) is 11.0 Å². The lowest BCUT2D eigenvalue weighted by Gasteiger charge is -2.57. The van der Waals surface area contributed by atoms with Crippen molar-refractivity contribution in [3.63, 3.8) is 0 Å². The molecule has 1 saturated carbocycles. The Labute approximate surface area is 192 Å². The van der Waals surface area contributed by atoms with Gasteiger partial charge in [0, 0.05) is 63.5 Å². The summed E-state index contributed by atoms with van der Waals surface area (Å²) in [4.78, 5) is 22.2. The maximum absolute atomic E-state index is 12.4. The van der Waals surface area contributed by atoms with Crippen LogP contribution in [0.5, 0.6) is 11.5 Å². The van der Waals surface area contributed by atoms with Gasteiger partial charge in [0.25, 0.3) is 0 Å². The Balaban J connectivity index is 1.35. The number of pyridine rings is 1. The third-order valence-electron chi connectivity index (χ3n) is 7.20. The topological polar surface area (TPSA) is 85.9 Å². The monoisotopic (exact) mass is 451 g/mol. The maximum Gasteiger partial charge on any atom is 0.341 e. The highest BCUT2D eigenvalue weighted by atomic mass is 16.7. The second-order valence-corrected chi connectivity index (χ2v) is 9.02. The normalized spacial score (nSPS) is 18.8. The molecular weight excluding hydrogens is 422 g/mol. The lowest BCUT2D eigenvalue weighted by atomic mass is 9.59. The van der Waals surface area contributed by atoms with Crippen LogP contribution < -0.4 is 9.64 Å². The van der Waals surface area contributed by atoms with Crippen molar-refractivity contribution >= 4 is 22.7 Å². The van der Waals surface area contributed by atoms with Crippen LogP contribution in [0.1, 0.15) is 36.0 Å². The molecule has 5 rings (SSSR count). The van der Waals surface area contributed by atoms with E-state index in [1.165, 1.54) is 7.11 Å². The number of carbonyl (C=O) groups excluding carboxylic acids is 1. The van der Waals surface area contributed by atoms with Crippen LogP contribution in [0.15, 0.2) is 42.7 Å². The number of nitrogens with zero attached hydrogens (tertiary/aromatic N) is 2. The molecule has 1 aliphatic heterocycles. The van der Waals surface area contributed by atoms with E-state index in [4.69, 9.17) is 18.9 Å². The molecular formula is C25H29N3O5. The molecule has 1 N–H and O–H groups in total. The lowest BCUT2D eigenvalue weighted by molar-refractivity contribution is -0.300. The fourth-order valence-electron chi connectivity index (χ4n) is 5.23. The molecule has 8 heteroatoms. The molecule has 3 aromatic rings. The number of anilines is 1. The summed E-state index contributed by atoms with van der Waals surface area (Å²) in [7, 11) is 4.81. The summed E-state index contributed by atoms with van der Waals surface area (Å²) >= 11 is 0. The Morgan fingerprint density at radius 1 is 1.06 bits per heavy atom. The number of benzene rings is 1. The number of H-pyrrole nitrogens is 1. The smallest absolute Gasteiger partial charge is 0.341 e. The minimum atomic E-state index is -0.435. The number of ether oxygens (including phenoxy) is 4. The van der Waals surface area contributed by atoms with Crippen LogP contribution in [-0.2, 0) is 14.2 Å². The largest absolute Gasteiger partial charge is 0.465 e. The second kappa shape index (κ2) is 8.35. The molecule has 2 aromatic heterocycles. The van der Waals surface area contributed by atoms with Gasteiger partial charge in [0.15, 0.2) is 5.79 Å². The molecule has 2 aliphatic rings. The summed E-state index contributed by atoms with van der Waals surface area (Å²) in [6.07, 6.45) is 7.49. The summed E-state index contributed by atoms with van der Waals surface area (Å²) in [5.41, 5.74) is 2.47. The van der Waals surface area contributed by atoms with Gasteiger partial charge in [0.2, 0.25) is 0 Å². The highest BCUT2D eigenvalue weighted by molar-refractivity contribution is 5.93. The van der Waals surface area contributed by atoms with Crippen LogP contribution in [-0.4, -0.2) is 56.1 Å². The van der Waals surface area contributed by atoms with Crippen molar-refractivity contribution < 1.29 is 23.7 Å². The molecule has 1 spiro atoms. The molecule has 2 fully saturated rings. The van der Waals surface area contributed by atoms with Crippen molar-refractivity contribution in [2.24, 2.45) is 5.41 Å². The number of methoxy groups -OCH3 is 3. The average molecular weight is 452 g/mol. The number of fused-ring (bicyclic) bond motifs is 1. The second-order valence-electron chi connectivity index (χ2n) is 9.02. The van der Waals surface area contributed by atoms with Gasteiger partial charge >= 0.3 is 5.97 Å². The Kier molecular flexibility index (Phi) is 5.50. The molecule has 1 aliphatic carbocycles. The standard InChI is InChI=1S/C25H29N3O5/c1-30-23(29)20-5-4-18(13-21(20)33-19-12-17-6-9-26-22(17)27-14-19)28-10-7-24(8-11-28)15-25(16-24,31-2)32-3/h4-6,9,12-14H,7-8,10-11,15-16H2,1-3H3,(H,26,27). The molecule has 0 amide bonds. The van der Waals surface area contributed by atoms with E-state index in [0.29, 0.717) is 17.1 Å². The summed E-state index contributed by atoms with van der Waals surface area (Å²) in [5, 5.41) is 0.938. The fraction of sp³-hybridized carbons (Fsp3) is 0.440. The molecule has 1 aromatic carbocycles. The fourth-order valence-corrected chi connectivity index (χ4v) is 5.23. The summed E-state index contributed by atoms with van der Waals surface area (Å²) in [6, 6.07) is 9.47. The van der Waals surface area contributed by atoms with E-state index in [0.717, 1.165) is 55.5 Å². The Bertz CT molecular complexity index is 1150. The van der Waals surface area contributed by atoms with Crippen molar-refractivity contribution in [1.29, 1.82) is 0 Å². The van der Waals surface area contributed by atoms with Gasteiger partial charge < -0.3 is 28.8 Å². The van der Waals surface area contributed by atoms with Gasteiger partial charge in [0.1, 0.15) is 22.7 Å². The molecule has 8 nitrogen and oxygen atoms in total. The van der Waals surface area contributed by atoms with E-state index < -0.39 is 11.8 Å². The zero-order valence-electron chi connectivity index (χ0n) is 19.2.